The molecule has 2 N–H and O–H groups in total. The van der Waals surface area contributed by atoms with Gasteiger partial charge in [-0.3, -0.25) is 10.1 Å². The summed E-state index contributed by atoms with van der Waals surface area (Å²) in [5.74, 6) is 1.53. The Morgan fingerprint density at radius 1 is 1.16 bits per heavy atom. The van der Waals surface area contributed by atoms with Crippen LogP contribution in [-0.2, 0) is 0 Å². The number of rotatable bonds is 6. The second-order valence-corrected chi connectivity index (χ2v) is 5.83. The summed E-state index contributed by atoms with van der Waals surface area (Å²) in [5.41, 5.74) is 7.27. The van der Waals surface area contributed by atoms with Gasteiger partial charge >= 0.3 is 0 Å². The maximum Gasteiger partial charge on any atom is 0.273 e. The largest absolute Gasteiger partial charge is 0.398 e. The number of anilines is 2. The molecule has 0 aromatic heterocycles. The van der Waals surface area contributed by atoms with Crippen molar-refractivity contribution >= 4 is 17.1 Å². The van der Waals surface area contributed by atoms with E-state index in [4.69, 9.17) is 5.73 Å². The molecule has 1 aromatic rings. The topological polar surface area (TPSA) is 72.4 Å². The van der Waals surface area contributed by atoms with Crippen LogP contribution in [0.1, 0.15) is 25.7 Å². The van der Waals surface area contributed by atoms with Crippen LogP contribution in [0.4, 0.5) is 17.1 Å². The Balaban J connectivity index is 1.84. The van der Waals surface area contributed by atoms with Gasteiger partial charge < -0.3 is 10.6 Å². The summed E-state index contributed by atoms with van der Waals surface area (Å²) in [6, 6.07) is 4.94. The lowest BCUT2D eigenvalue weighted by Gasteiger charge is -2.25. The summed E-state index contributed by atoms with van der Waals surface area (Å²) in [6.45, 7) is 2.02. The van der Waals surface area contributed by atoms with Gasteiger partial charge in [-0.25, -0.2) is 0 Å². The lowest BCUT2D eigenvalue weighted by Crippen LogP contribution is -2.28. The van der Waals surface area contributed by atoms with Gasteiger partial charge in [0.05, 0.1) is 4.92 Å². The van der Waals surface area contributed by atoms with Gasteiger partial charge in [-0.05, 0) is 43.6 Å². The number of benzene rings is 1. The van der Waals surface area contributed by atoms with Crippen molar-refractivity contribution in [1.82, 2.24) is 0 Å². The minimum absolute atomic E-state index is 0.0894. The lowest BCUT2D eigenvalue weighted by atomic mass is 10.2. The van der Waals surface area contributed by atoms with Crippen LogP contribution in [-0.4, -0.2) is 18.0 Å². The highest BCUT2D eigenvalue weighted by atomic mass is 16.6. The molecule has 5 nitrogen and oxygen atoms in total. The highest BCUT2D eigenvalue weighted by molar-refractivity contribution is 5.63. The fourth-order valence-corrected chi connectivity index (χ4v) is 2.42. The van der Waals surface area contributed by atoms with Crippen molar-refractivity contribution in [1.29, 1.82) is 0 Å². The third-order valence-electron chi connectivity index (χ3n) is 3.85. The van der Waals surface area contributed by atoms with Crippen molar-refractivity contribution < 1.29 is 4.92 Å². The van der Waals surface area contributed by atoms with Crippen molar-refractivity contribution in [2.45, 2.75) is 25.7 Å². The van der Waals surface area contributed by atoms with Gasteiger partial charge in [-0.2, -0.15) is 0 Å². The van der Waals surface area contributed by atoms with Gasteiger partial charge in [0.2, 0.25) is 0 Å². The van der Waals surface area contributed by atoms with Crippen molar-refractivity contribution in [3.05, 3.63) is 28.3 Å². The number of nitrogens with zero attached hydrogens (tertiary/aromatic N) is 2. The standard InChI is InChI=1S/C14H19N3O2/c15-12-5-13(7-14(6-12)17(18)19)16(8-10-1-2-10)9-11-3-4-11/h5-7,10-11H,1-4,8-9,15H2. The third-order valence-corrected chi connectivity index (χ3v) is 3.85. The van der Waals surface area contributed by atoms with Crippen LogP contribution >= 0.6 is 0 Å². The van der Waals surface area contributed by atoms with Gasteiger partial charge in [0, 0.05) is 36.6 Å². The molecular formula is C14H19N3O2. The Bertz CT molecular complexity index is 481. The summed E-state index contributed by atoms with van der Waals surface area (Å²) in [7, 11) is 0. The van der Waals surface area contributed by atoms with Gasteiger partial charge in [0.25, 0.3) is 5.69 Å². The van der Waals surface area contributed by atoms with Crippen molar-refractivity contribution in [3.63, 3.8) is 0 Å². The second kappa shape index (κ2) is 4.72. The zero-order valence-corrected chi connectivity index (χ0v) is 10.9. The Labute approximate surface area is 112 Å². The first-order chi connectivity index (χ1) is 9.11. The lowest BCUT2D eigenvalue weighted by molar-refractivity contribution is -0.384. The van der Waals surface area contributed by atoms with Gasteiger partial charge in [-0.15, -0.1) is 0 Å². The molecule has 0 heterocycles. The molecule has 0 amide bonds. The molecule has 5 heteroatoms. The maximum absolute atomic E-state index is 10.9. The van der Waals surface area contributed by atoms with E-state index >= 15 is 0 Å². The number of nitrogen functional groups attached to an aromatic ring is 1. The first kappa shape index (κ1) is 12.3. The van der Waals surface area contributed by atoms with E-state index in [9.17, 15) is 10.1 Å². The number of hydrogen-bond donors (Lipinski definition) is 1. The second-order valence-electron chi connectivity index (χ2n) is 5.83. The van der Waals surface area contributed by atoms with E-state index in [-0.39, 0.29) is 10.6 Å². The monoisotopic (exact) mass is 261 g/mol. The Hall–Kier alpha value is -1.78. The van der Waals surface area contributed by atoms with E-state index in [0.717, 1.165) is 30.6 Å². The molecule has 0 unspecified atom stereocenters. The third kappa shape index (κ3) is 3.16. The molecule has 19 heavy (non-hydrogen) atoms. The van der Waals surface area contributed by atoms with E-state index < -0.39 is 0 Å². The molecule has 2 saturated carbocycles. The van der Waals surface area contributed by atoms with Crippen LogP contribution in [0.2, 0.25) is 0 Å². The van der Waals surface area contributed by atoms with Crippen LogP contribution < -0.4 is 10.6 Å². The van der Waals surface area contributed by atoms with Gasteiger partial charge in [0.1, 0.15) is 0 Å². The molecule has 0 saturated heterocycles. The van der Waals surface area contributed by atoms with Crippen LogP contribution in [0.5, 0.6) is 0 Å². The molecule has 0 bridgehead atoms. The van der Waals surface area contributed by atoms with Crippen LogP contribution in [0.25, 0.3) is 0 Å². The maximum atomic E-state index is 10.9. The van der Waals surface area contributed by atoms with E-state index in [1.165, 1.54) is 31.7 Å². The molecule has 2 fully saturated rings. The van der Waals surface area contributed by atoms with Crippen LogP contribution in [0, 0.1) is 22.0 Å². The first-order valence-electron chi connectivity index (χ1n) is 6.92. The predicted octanol–water partition coefficient (Wildman–Crippen LogP) is 2.80. The predicted molar refractivity (Wildman–Crippen MR) is 75.2 cm³/mol. The summed E-state index contributed by atoms with van der Waals surface area (Å²) >= 11 is 0. The first-order valence-corrected chi connectivity index (χ1v) is 6.92. The Kier molecular flexibility index (Phi) is 3.05. The molecule has 3 rings (SSSR count). The molecule has 0 atom stereocenters. The number of non-ortho nitro benzene ring substituents is 1. The zero-order chi connectivity index (χ0) is 13.4. The fourth-order valence-electron chi connectivity index (χ4n) is 2.42. The zero-order valence-electron chi connectivity index (χ0n) is 10.9. The molecule has 102 valence electrons. The number of nitro groups is 1. The van der Waals surface area contributed by atoms with Crippen LogP contribution in [0.15, 0.2) is 18.2 Å². The van der Waals surface area contributed by atoms with E-state index in [0.29, 0.717) is 5.69 Å². The summed E-state index contributed by atoms with van der Waals surface area (Å²) < 4.78 is 0. The van der Waals surface area contributed by atoms with Crippen molar-refractivity contribution in [2.24, 2.45) is 11.8 Å². The SMILES string of the molecule is Nc1cc(N(CC2CC2)CC2CC2)cc([N+](=O)[O-])c1. The van der Waals surface area contributed by atoms with E-state index in [1.54, 1.807) is 6.07 Å². The van der Waals surface area contributed by atoms with Gasteiger partial charge in [-0.1, -0.05) is 0 Å². The molecule has 1 aromatic carbocycles. The van der Waals surface area contributed by atoms with Crippen molar-refractivity contribution in [2.75, 3.05) is 23.7 Å². The molecular weight excluding hydrogens is 242 g/mol. The minimum Gasteiger partial charge on any atom is -0.398 e. The number of nitrogens with two attached hydrogens (primary N) is 1. The van der Waals surface area contributed by atoms with E-state index in [1.807, 2.05) is 6.07 Å². The summed E-state index contributed by atoms with van der Waals surface area (Å²) in [4.78, 5) is 12.9. The van der Waals surface area contributed by atoms with Gasteiger partial charge in [0.15, 0.2) is 0 Å². The normalized spacial score (nSPS) is 18.3. The molecule has 0 radical (unpaired) electrons. The number of hydrogen-bond acceptors (Lipinski definition) is 4. The summed E-state index contributed by atoms with van der Waals surface area (Å²) in [5, 5.41) is 10.9. The highest BCUT2D eigenvalue weighted by Crippen LogP contribution is 2.37. The van der Waals surface area contributed by atoms with Crippen molar-refractivity contribution in [3.8, 4) is 0 Å². The number of nitro benzene ring substituents is 1. The fraction of sp³-hybridized carbons (Fsp3) is 0.571. The summed E-state index contributed by atoms with van der Waals surface area (Å²) in [6.07, 6.45) is 5.13. The Morgan fingerprint density at radius 2 is 1.74 bits per heavy atom. The molecule has 2 aliphatic rings. The van der Waals surface area contributed by atoms with E-state index in [2.05, 4.69) is 4.90 Å². The molecule has 2 aliphatic carbocycles. The minimum atomic E-state index is -0.369. The quantitative estimate of drug-likeness (QED) is 0.485. The highest BCUT2D eigenvalue weighted by Gasteiger charge is 2.30. The Morgan fingerprint density at radius 3 is 2.21 bits per heavy atom. The average Bonchev–Trinajstić information content (AvgIpc) is 3.22. The smallest absolute Gasteiger partial charge is 0.273 e. The molecule has 0 aliphatic heterocycles. The van der Waals surface area contributed by atoms with Crippen LogP contribution in [0.3, 0.4) is 0 Å². The average molecular weight is 261 g/mol. The molecule has 0 spiro atoms.